The van der Waals surface area contributed by atoms with Crippen molar-refractivity contribution < 1.29 is 0 Å². The average Bonchev–Trinajstić information content (AvgIpc) is 2.80. The van der Waals surface area contributed by atoms with Crippen LogP contribution in [0, 0.1) is 0 Å². The van der Waals surface area contributed by atoms with E-state index in [2.05, 4.69) is 31.3 Å². The molecule has 0 aliphatic carbocycles. The molecule has 5 heteroatoms. The molecule has 0 saturated heterocycles. The van der Waals surface area contributed by atoms with Crippen molar-refractivity contribution in [3.05, 3.63) is 16.9 Å². The van der Waals surface area contributed by atoms with Crippen LogP contribution in [-0.2, 0) is 0 Å². The normalized spacial score (nSPS) is 13.1. The Morgan fingerprint density at radius 3 is 2.50 bits per heavy atom. The van der Waals surface area contributed by atoms with Gasteiger partial charge < -0.3 is 0 Å². The fraction of sp³-hybridized carbons (Fsp3) is 0.800. The van der Waals surface area contributed by atoms with Crippen molar-refractivity contribution in [2.45, 2.75) is 77.8 Å². The Morgan fingerprint density at radius 2 is 1.90 bits per heavy atom. The van der Waals surface area contributed by atoms with Crippen LogP contribution in [0.4, 0.5) is 0 Å². The molecule has 1 aromatic heterocycles. The SMILES string of the molecule is CCCCCCCCC(NN)c1c(Cl)cnn1C(C)C. The van der Waals surface area contributed by atoms with E-state index < -0.39 is 0 Å². The summed E-state index contributed by atoms with van der Waals surface area (Å²) in [5.74, 6) is 5.71. The molecular weight excluding hydrogens is 272 g/mol. The maximum atomic E-state index is 6.26. The van der Waals surface area contributed by atoms with Crippen LogP contribution >= 0.6 is 11.6 Å². The molecule has 3 N–H and O–H groups in total. The number of nitrogens with two attached hydrogens (primary N) is 1. The van der Waals surface area contributed by atoms with E-state index in [9.17, 15) is 0 Å². The second-order valence-electron chi connectivity index (χ2n) is 5.69. The van der Waals surface area contributed by atoms with Crippen LogP contribution in [0.1, 0.15) is 83.5 Å². The van der Waals surface area contributed by atoms with Crippen LogP contribution in [0.5, 0.6) is 0 Å². The molecule has 1 aromatic rings. The topological polar surface area (TPSA) is 55.9 Å². The first-order valence-corrected chi connectivity index (χ1v) is 8.18. The maximum absolute atomic E-state index is 6.26. The Labute approximate surface area is 128 Å². The van der Waals surface area contributed by atoms with E-state index in [0.717, 1.165) is 18.5 Å². The first kappa shape index (κ1) is 17.5. The molecule has 0 radical (unpaired) electrons. The summed E-state index contributed by atoms with van der Waals surface area (Å²) in [7, 11) is 0. The number of hydrogen-bond acceptors (Lipinski definition) is 3. The lowest BCUT2D eigenvalue weighted by molar-refractivity contribution is 0.419. The molecule has 0 aromatic carbocycles. The highest BCUT2D eigenvalue weighted by atomic mass is 35.5. The van der Waals surface area contributed by atoms with E-state index in [-0.39, 0.29) is 12.1 Å². The monoisotopic (exact) mass is 300 g/mol. The number of hydrogen-bond donors (Lipinski definition) is 2. The van der Waals surface area contributed by atoms with Gasteiger partial charge >= 0.3 is 0 Å². The fourth-order valence-corrected chi connectivity index (χ4v) is 2.78. The Morgan fingerprint density at radius 1 is 1.25 bits per heavy atom. The van der Waals surface area contributed by atoms with Gasteiger partial charge in [0.05, 0.1) is 23.0 Å². The molecule has 1 atom stereocenters. The van der Waals surface area contributed by atoms with Gasteiger partial charge in [0.25, 0.3) is 0 Å². The summed E-state index contributed by atoms with van der Waals surface area (Å²) in [6.07, 6.45) is 10.4. The van der Waals surface area contributed by atoms with Gasteiger partial charge in [0.15, 0.2) is 0 Å². The smallest absolute Gasteiger partial charge is 0.0834 e. The van der Waals surface area contributed by atoms with Crippen molar-refractivity contribution in [1.29, 1.82) is 0 Å². The minimum atomic E-state index is 0.0820. The molecule has 1 unspecified atom stereocenters. The molecule has 1 rings (SSSR count). The van der Waals surface area contributed by atoms with Gasteiger partial charge in [-0.25, -0.2) is 0 Å². The van der Waals surface area contributed by atoms with Gasteiger partial charge in [-0.05, 0) is 20.3 Å². The van der Waals surface area contributed by atoms with E-state index in [1.807, 2.05) is 4.68 Å². The summed E-state index contributed by atoms with van der Waals surface area (Å²) in [5.41, 5.74) is 3.91. The van der Waals surface area contributed by atoms with E-state index in [1.54, 1.807) is 6.20 Å². The van der Waals surface area contributed by atoms with Crippen molar-refractivity contribution in [2.75, 3.05) is 0 Å². The lowest BCUT2D eigenvalue weighted by atomic mass is 10.0. The highest BCUT2D eigenvalue weighted by molar-refractivity contribution is 6.31. The lowest BCUT2D eigenvalue weighted by Gasteiger charge is -2.20. The summed E-state index contributed by atoms with van der Waals surface area (Å²) < 4.78 is 1.96. The van der Waals surface area contributed by atoms with Crippen molar-refractivity contribution in [3.8, 4) is 0 Å². The quantitative estimate of drug-likeness (QED) is 0.383. The third-order valence-electron chi connectivity index (χ3n) is 3.65. The third-order valence-corrected chi connectivity index (χ3v) is 3.94. The molecule has 0 saturated carbocycles. The highest BCUT2D eigenvalue weighted by Gasteiger charge is 2.20. The van der Waals surface area contributed by atoms with Crippen LogP contribution < -0.4 is 11.3 Å². The Kier molecular flexibility index (Phi) is 8.19. The fourth-order valence-electron chi connectivity index (χ4n) is 2.52. The number of rotatable bonds is 10. The molecule has 4 nitrogen and oxygen atoms in total. The largest absolute Gasteiger partial charge is 0.271 e. The predicted octanol–water partition coefficient (Wildman–Crippen LogP) is 4.37. The summed E-state index contributed by atoms with van der Waals surface area (Å²) >= 11 is 6.26. The van der Waals surface area contributed by atoms with Gasteiger partial charge in [-0.2, -0.15) is 5.10 Å². The minimum absolute atomic E-state index is 0.0820. The summed E-state index contributed by atoms with van der Waals surface area (Å²) in [5, 5.41) is 5.04. The molecule has 0 fully saturated rings. The molecule has 0 aliphatic heterocycles. The van der Waals surface area contributed by atoms with Crippen molar-refractivity contribution in [3.63, 3.8) is 0 Å². The van der Waals surface area contributed by atoms with Crippen molar-refractivity contribution >= 4 is 11.6 Å². The molecular formula is C15H29ClN4. The second kappa shape index (κ2) is 9.37. The Hall–Kier alpha value is -0.580. The second-order valence-corrected chi connectivity index (χ2v) is 6.10. The van der Waals surface area contributed by atoms with E-state index in [0.29, 0.717) is 5.02 Å². The molecule has 0 aliphatic rings. The summed E-state index contributed by atoms with van der Waals surface area (Å²) in [6.45, 7) is 6.44. The maximum Gasteiger partial charge on any atom is 0.0834 e. The van der Waals surface area contributed by atoms with E-state index in [1.165, 1.54) is 32.1 Å². The van der Waals surface area contributed by atoms with Gasteiger partial charge in [-0.15, -0.1) is 0 Å². The van der Waals surface area contributed by atoms with Crippen LogP contribution in [0.25, 0.3) is 0 Å². The number of hydrazine groups is 1. The lowest BCUT2D eigenvalue weighted by Crippen LogP contribution is -2.30. The number of nitrogens with one attached hydrogen (secondary N) is 1. The zero-order chi connectivity index (χ0) is 15.0. The third kappa shape index (κ3) is 5.08. The van der Waals surface area contributed by atoms with Crippen LogP contribution in [0.3, 0.4) is 0 Å². The van der Waals surface area contributed by atoms with Gasteiger partial charge in [-0.3, -0.25) is 16.0 Å². The first-order chi connectivity index (χ1) is 9.61. The van der Waals surface area contributed by atoms with Gasteiger partial charge in [0.2, 0.25) is 0 Å². The number of nitrogens with zero attached hydrogens (tertiary/aromatic N) is 2. The highest BCUT2D eigenvalue weighted by Crippen LogP contribution is 2.28. The molecule has 116 valence electrons. The average molecular weight is 301 g/mol. The van der Waals surface area contributed by atoms with Crippen LogP contribution in [0.2, 0.25) is 5.02 Å². The minimum Gasteiger partial charge on any atom is -0.271 e. The molecule has 0 amide bonds. The summed E-state index contributed by atoms with van der Waals surface area (Å²) in [6, 6.07) is 0.372. The molecule has 0 bridgehead atoms. The summed E-state index contributed by atoms with van der Waals surface area (Å²) in [4.78, 5) is 0. The van der Waals surface area contributed by atoms with Crippen LogP contribution in [-0.4, -0.2) is 9.78 Å². The zero-order valence-electron chi connectivity index (χ0n) is 13.0. The molecule has 0 spiro atoms. The van der Waals surface area contributed by atoms with Gasteiger partial charge in [0.1, 0.15) is 0 Å². The number of aromatic nitrogens is 2. The van der Waals surface area contributed by atoms with Crippen molar-refractivity contribution in [2.24, 2.45) is 5.84 Å². The molecule has 1 heterocycles. The molecule has 20 heavy (non-hydrogen) atoms. The predicted molar refractivity (Wildman–Crippen MR) is 85.7 cm³/mol. The van der Waals surface area contributed by atoms with E-state index in [4.69, 9.17) is 17.4 Å². The zero-order valence-corrected chi connectivity index (χ0v) is 13.8. The Balaban J connectivity index is 2.52. The van der Waals surface area contributed by atoms with Crippen molar-refractivity contribution in [1.82, 2.24) is 15.2 Å². The van der Waals surface area contributed by atoms with Crippen LogP contribution in [0.15, 0.2) is 6.20 Å². The first-order valence-electron chi connectivity index (χ1n) is 7.80. The van der Waals surface area contributed by atoms with E-state index >= 15 is 0 Å². The number of halogens is 1. The number of unbranched alkanes of at least 4 members (excludes halogenated alkanes) is 5. The Bertz CT molecular complexity index is 376. The van der Waals surface area contributed by atoms with Gasteiger partial charge in [-0.1, -0.05) is 57.0 Å². The standard InChI is InChI=1S/C15H29ClN4/c1-4-5-6-7-8-9-10-14(19-17)15-13(16)11-18-20(15)12(2)3/h11-12,14,19H,4-10,17H2,1-3H3. The van der Waals surface area contributed by atoms with Gasteiger partial charge in [0, 0.05) is 6.04 Å².